The minimum Gasteiger partial charge on any atom is -0.490 e. The molecule has 1 N–H and O–H groups in total. The largest absolute Gasteiger partial charge is 0.490 e. The smallest absolute Gasteiger partial charge is 0.261 e. The molecular weight excluding hydrogens is 515 g/mol. The number of ketones is 1. The fourth-order valence-electron chi connectivity index (χ4n) is 3.95. The number of fused-ring (bicyclic) bond motifs is 1. The summed E-state index contributed by atoms with van der Waals surface area (Å²) in [5.41, 5.74) is 0.947. The molecule has 1 aromatic heterocycles. The van der Waals surface area contributed by atoms with Crippen molar-refractivity contribution >= 4 is 23.3 Å². The number of rotatable bonds is 10. The van der Waals surface area contributed by atoms with Crippen LogP contribution in [0.3, 0.4) is 0 Å². The summed E-state index contributed by atoms with van der Waals surface area (Å²) in [5, 5.41) is 2.78. The molecule has 10 heteroatoms. The summed E-state index contributed by atoms with van der Waals surface area (Å²) in [6.07, 6.45) is 1.05. The monoisotopic (exact) mass is 542 g/mol. The predicted octanol–water partition coefficient (Wildman–Crippen LogP) is 5.55. The maximum atomic E-state index is 13.9. The quantitative estimate of drug-likeness (QED) is 0.336. The zero-order valence-electron chi connectivity index (χ0n) is 21.5. The van der Waals surface area contributed by atoms with Gasteiger partial charge in [0.1, 0.15) is 17.1 Å². The normalized spacial score (nSPS) is 14.2. The summed E-state index contributed by atoms with van der Waals surface area (Å²) in [6, 6.07) is 10.8. The van der Waals surface area contributed by atoms with Crippen LogP contribution in [0.1, 0.15) is 43.6 Å². The van der Waals surface area contributed by atoms with Crippen LogP contribution in [-0.2, 0) is 11.2 Å². The number of pyridine rings is 1. The first kappa shape index (κ1) is 27.2. The van der Waals surface area contributed by atoms with E-state index >= 15 is 0 Å². The van der Waals surface area contributed by atoms with Crippen LogP contribution in [0.4, 0.5) is 4.39 Å². The molecule has 1 aliphatic rings. The number of halogens is 2. The Hall–Kier alpha value is -3.85. The van der Waals surface area contributed by atoms with E-state index in [-0.39, 0.29) is 28.8 Å². The highest BCUT2D eigenvalue weighted by Gasteiger charge is 2.33. The van der Waals surface area contributed by atoms with Crippen molar-refractivity contribution in [2.75, 3.05) is 13.2 Å². The number of ether oxygens (including phenoxy) is 4. The van der Waals surface area contributed by atoms with Crippen molar-refractivity contribution in [3.63, 3.8) is 0 Å². The molecule has 38 heavy (non-hydrogen) atoms. The van der Waals surface area contributed by atoms with Gasteiger partial charge in [0, 0.05) is 23.7 Å². The van der Waals surface area contributed by atoms with Gasteiger partial charge >= 0.3 is 0 Å². The predicted molar refractivity (Wildman–Crippen MR) is 139 cm³/mol. The minimum atomic E-state index is -0.877. The number of carbonyl (C=O) groups excluding carboxylic acids is 2. The average Bonchev–Trinajstić information content (AvgIpc) is 3.19. The molecule has 4 rings (SSSR count). The van der Waals surface area contributed by atoms with Crippen molar-refractivity contribution in [1.82, 2.24) is 10.3 Å². The maximum Gasteiger partial charge on any atom is 0.261 e. The third-order valence-electron chi connectivity index (χ3n) is 5.67. The van der Waals surface area contributed by atoms with E-state index in [0.29, 0.717) is 41.6 Å². The lowest BCUT2D eigenvalue weighted by Gasteiger charge is -2.18. The van der Waals surface area contributed by atoms with Gasteiger partial charge < -0.3 is 24.3 Å². The lowest BCUT2D eigenvalue weighted by Crippen LogP contribution is -2.39. The lowest BCUT2D eigenvalue weighted by atomic mass is 9.98. The van der Waals surface area contributed by atoms with Gasteiger partial charge in [-0.1, -0.05) is 11.6 Å². The summed E-state index contributed by atoms with van der Waals surface area (Å²) in [5.74, 6) is 0.263. The number of aromatic nitrogens is 1. The van der Waals surface area contributed by atoms with Crippen LogP contribution in [0.5, 0.6) is 28.9 Å². The lowest BCUT2D eigenvalue weighted by molar-refractivity contribution is -0.127. The highest BCUT2D eigenvalue weighted by Crippen LogP contribution is 2.43. The highest BCUT2D eigenvalue weighted by molar-refractivity contribution is 6.30. The van der Waals surface area contributed by atoms with Gasteiger partial charge in [-0.3, -0.25) is 9.59 Å². The zero-order valence-corrected chi connectivity index (χ0v) is 22.2. The van der Waals surface area contributed by atoms with Gasteiger partial charge in [-0.15, -0.1) is 0 Å². The van der Waals surface area contributed by atoms with Gasteiger partial charge in [0.25, 0.3) is 11.8 Å². The first-order chi connectivity index (χ1) is 18.0. The molecule has 0 aliphatic carbocycles. The minimum absolute atomic E-state index is 0.161. The molecule has 200 valence electrons. The number of nitrogens with one attached hydrogen (secondary N) is 1. The van der Waals surface area contributed by atoms with E-state index in [4.69, 9.17) is 30.5 Å². The van der Waals surface area contributed by atoms with Gasteiger partial charge in [-0.25, -0.2) is 9.37 Å². The Labute approximate surface area is 225 Å². The van der Waals surface area contributed by atoms with E-state index in [1.807, 2.05) is 20.8 Å². The SMILES string of the molecule is CCOc1cc(C(=O)CNC(=O)[C@@H](C)Oc2ccc(Oc3ncc(Cl)cc3F)cc2)cc2c1OC(C)(C)C2. The molecule has 3 aromatic rings. The van der Waals surface area contributed by atoms with Crippen LogP contribution in [-0.4, -0.2) is 41.5 Å². The maximum absolute atomic E-state index is 13.9. The van der Waals surface area contributed by atoms with Crippen LogP contribution >= 0.6 is 11.6 Å². The second kappa shape index (κ2) is 11.3. The van der Waals surface area contributed by atoms with Crippen molar-refractivity contribution in [3.8, 4) is 28.9 Å². The molecule has 2 heterocycles. The van der Waals surface area contributed by atoms with Gasteiger partial charge in [-0.05, 0) is 70.2 Å². The fourth-order valence-corrected chi connectivity index (χ4v) is 4.09. The number of Topliss-reactive ketones (excluding diaryl/α,β-unsaturated/α-hetero) is 1. The Morgan fingerprint density at radius 3 is 2.58 bits per heavy atom. The van der Waals surface area contributed by atoms with Crippen molar-refractivity contribution in [3.05, 3.63) is 70.6 Å². The van der Waals surface area contributed by atoms with Gasteiger partial charge in [0.2, 0.25) is 0 Å². The fraction of sp³-hybridized carbons (Fsp3) is 0.321. The van der Waals surface area contributed by atoms with Crippen molar-refractivity contribution in [1.29, 1.82) is 0 Å². The number of benzene rings is 2. The first-order valence-corrected chi connectivity index (χ1v) is 12.5. The Kier molecular flexibility index (Phi) is 8.06. The van der Waals surface area contributed by atoms with Crippen LogP contribution < -0.4 is 24.3 Å². The number of nitrogens with zero attached hydrogens (tertiary/aromatic N) is 1. The molecule has 0 bridgehead atoms. The molecule has 0 radical (unpaired) electrons. The Morgan fingerprint density at radius 2 is 1.89 bits per heavy atom. The molecule has 1 amide bonds. The highest BCUT2D eigenvalue weighted by atomic mass is 35.5. The van der Waals surface area contributed by atoms with E-state index in [2.05, 4.69) is 10.3 Å². The second-order valence-electron chi connectivity index (χ2n) is 9.35. The number of carbonyl (C=O) groups is 2. The van der Waals surface area contributed by atoms with E-state index in [0.717, 1.165) is 11.6 Å². The van der Waals surface area contributed by atoms with Gasteiger partial charge in [0.15, 0.2) is 29.2 Å². The third-order valence-corrected chi connectivity index (χ3v) is 5.87. The molecule has 0 fully saturated rings. The Balaban J connectivity index is 1.32. The summed E-state index contributed by atoms with van der Waals surface area (Å²) in [6.45, 7) is 7.61. The van der Waals surface area contributed by atoms with Crippen LogP contribution in [0, 0.1) is 5.82 Å². The summed E-state index contributed by atoms with van der Waals surface area (Å²) >= 11 is 5.70. The van der Waals surface area contributed by atoms with E-state index in [9.17, 15) is 14.0 Å². The molecule has 0 saturated heterocycles. The zero-order chi connectivity index (χ0) is 27.4. The molecular formula is C28H28ClFN2O6. The first-order valence-electron chi connectivity index (χ1n) is 12.1. The molecule has 0 saturated carbocycles. The van der Waals surface area contributed by atoms with E-state index in [1.165, 1.54) is 6.20 Å². The van der Waals surface area contributed by atoms with Crippen molar-refractivity contribution in [2.45, 2.75) is 45.8 Å². The van der Waals surface area contributed by atoms with Crippen LogP contribution in [0.2, 0.25) is 5.02 Å². The second-order valence-corrected chi connectivity index (χ2v) is 9.79. The molecule has 8 nitrogen and oxygen atoms in total. The standard InChI is InChI=1S/C28H28ClFN2O6/c1-5-35-24-11-17(10-18-13-28(3,4)38-25(18)24)23(33)15-31-26(34)16(2)36-20-6-8-21(9-7-20)37-27-22(30)12-19(29)14-32-27/h6-12,14,16H,5,13,15H2,1-4H3,(H,31,34)/t16-/m1/s1. The number of hydrogen-bond donors (Lipinski definition) is 1. The van der Waals surface area contributed by atoms with Gasteiger partial charge in [0.05, 0.1) is 18.2 Å². The summed E-state index contributed by atoms with van der Waals surface area (Å²) in [7, 11) is 0. The van der Waals surface area contributed by atoms with E-state index in [1.54, 1.807) is 43.3 Å². The van der Waals surface area contributed by atoms with Crippen LogP contribution in [0.25, 0.3) is 0 Å². The van der Waals surface area contributed by atoms with Gasteiger partial charge in [-0.2, -0.15) is 0 Å². The number of hydrogen-bond acceptors (Lipinski definition) is 7. The third kappa shape index (κ3) is 6.52. The molecule has 0 spiro atoms. The number of amides is 1. The van der Waals surface area contributed by atoms with Crippen molar-refractivity contribution < 1.29 is 32.9 Å². The molecule has 2 aromatic carbocycles. The molecule has 1 atom stereocenters. The summed E-state index contributed by atoms with van der Waals surface area (Å²) in [4.78, 5) is 29.3. The summed E-state index contributed by atoms with van der Waals surface area (Å²) < 4.78 is 36.6. The Morgan fingerprint density at radius 1 is 1.18 bits per heavy atom. The average molecular weight is 543 g/mol. The Bertz CT molecular complexity index is 1350. The van der Waals surface area contributed by atoms with Crippen LogP contribution in [0.15, 0.2) is 48.7 Å². The van der Waals surface area contributed by atoms with Crippen molar-refractivity contribution in [2.24, 2.45) is 0 Å². The molecule has 1 aliphatic heterocycles. The molecule has 0 unspecified atom stereocenters. The topological polar surface area (TPSA) is 96.0 Å². The van der Waals surface area contributed by atoms with E-state index < -0.39 is 17.8 Å².